The second-order valence-corrected chi connectivity index (χ2v) is 4.66. The van der Waals surface area contributed by atoms with Crippen LogP contribution in [0.4, 0.5) is 4.79 Å². The van der Waals surface area contributed by atoms with Crippen LogP contribution in [0.15, 0.2) is 0 Å². The van der Waals surface area contributed by atoms with Crippen molar-refractivity contribution < 1.29 is 14.3 Å². The van der Waals surface area contributed by atoms with Gasteiger partial charge in [-0.3, -0.25) is 0 Å². The van der Waals surface area contributed by atoms with Crippen molar-refractivity contribution in [1.82, 2.24) is 0 Å². The highest BCUT2D eigenvalue weighted by atomic mass is 16.6. The lowest BCUT2D eigenvalue weighted by atomic mass is 9.78. The van der Waals surface area contributed by atoms with E-state index >= 15 is 0 Å². The predicted octanol–water partition coefficient (Wildman–Crippen LogP) is 1.82. The van der Waals surface area contributed by atoms with Crippen molar-refractivity contribution in [3.8, 4) is 0 Å². The number of nitrogens with two attached hydrogens (primary N) is 1. The average Bonchev–Trinajstić information content (AvgIpc) is 2.99. The number of primary amides is 1. The van der Waals surface area contributed by atoms with Gasteiger partial charge < -0.3 is 15.2 Å². The van der Waals surface area contributed by atoms with Gasteiger partial charge in [0.25, 0.3) is 0 Å². The van der Waals surface area contributed by atoms with E-state index in [1.807, 2.05) is 6.92 Å². The van der Waals surface area contributed by atoms with Crippen LogP contribution in [0.25, 0.3) is 0 Å². The maximum atomic E-state index is 10.7. The highest BCUT2D eigenvalue weighted by Crippen LogP contribution is 2.46. The van der Waals surface area contributed by atoms with Crippen LogP contribution < -0.4 is 5.73 Å². The number of carbonyl (C=O) groups is 1. The van der Waals surface area contributed by atoms with Gasteiger partial charge in [-0.1, -0.05) is 19.3 Å². The molecule has 0 unspecified atom stereocenters. The smallest absolute Gasteiger partial charge is 0.404 e. The summed E-state index contributed by atoms with van der Waals surface area (Å²) >= 11 is 0. The van der Waals surface area contributed by atoms with Gasteiger partial charge in [-0.05, 0) is 25.7 Å². The number of hydrogen-bond donors (Lipinski definition) is 1. The lowest BCUT2D eigenvalue weighted by molar-refractivity contribution is 0.0221. The minimum absolute atomic E-state index is 0.210. The van der Waals surface area contributed by atoms with Gasteiger partial charge in [-0.2, -0.15) is 0 Å². The van der Waals surface area contributed by atoms with Crippen LogP contribution in [-0.2, 0) is 9.47 Å². The van der Waals surface area contributed by atoms with Crippen molar-refractivity contribution in [2.45, 2.75) is 50.7 Å². The zero-order valence-electron chi connectivity index (χ0n) is 9.20. The molecule has 0 spiro atoms. The largest absolute Gasteiger partial charge is 0.444 e. The standard InChI is InChI=1S/C11H19NO3/c1-8(15-10(12)13)11(7-14-11)9-5-3-2-4-6-9/h8-9H,2-7H2,1H3,(H2,12,13)/t8-,11-/m0/s1. The third kappa shape index (κ3) is 2.09. The molecular weight excluding hydrogens is 194 g/mol. The van der Waals surface area contributed by atoms with Gasteiger partial charge in [-0.15, -0.1) is 0 Å². The highest BCUT2D eigenvalue weighted by Gasteiger charge is 2.57. The second kappa shape index (κ2) is 4.00. The second-order valence-electron chi connectivity index (χ2n) is 4.66. The van der Waals surface area contributed by atoms with Gasteiger partial charge >= 0.3 is 6.09 Å². The quantitative estimate of drug-likeness (QED) is 0.727. The first-order valence-corrected chi connectivity index (χ1v) is 5.75. The molecule has 2 rings (SSSR count). The first-order chi connectivity index (χ1) is 7.15. The van der Waals surface area contributed by atoms with Crippen molar-refractivity contribution in [3.63, 3.8) is 0 Å². The van der Waals surface area contributed by atoms with Crippen LogP contribution in [0.5, 0.6) is 0 Å². The van der Waals surface area contributed by atoms with Crippen molar-refractivity contribution in [2.75, 3.05) is 6.61 Å². The Balaban J connectivity index is 1.96. The molecule has 2 N–H and O–H groups in total. The molecule has 4 heteroatoms. The van der Waals surface area contributed by atoms with E-state index in [0.29, 0.717) is 12.5 Å². The Morgan fingerprint density at radius 2 is 2.07 bits per heavy atom. The molecule has 1 amide bonds. The molecule has 0 aromatic rings. The SMILES string of the molecule is C[C@H](OC(N)=O)[C@]1(C2CCCCC2)CO1. The fourth-order valence-electron chi connectivity index (χ4n) is 2.75. The monoisotopic (exact) mass is 213 g/mol. The Kier molecular flexibility index (Phi) is 2.87. The fraction of sp³-hybridized carbons (Fsp3) is 0.909. The molecule has 2 aliphatic rings. The van der Waals surface area contributed by atoms with E-state index in [2.05, 4.69) is 0 Å². The number of carbonyl (C=O) groups excluding carboxylic acids is 1. The van der Waals surface area contributed by atoms with Crippen LogP contribution >= 0.6 is 0 Å². The van der Waals surface area contributed by atoms with Crippen molar-refractivity contribution in [2.24, 2.45) is 11.7 Å². The molecule has 1 heterocycles. The summed E-state index contributed by atoms with van der Waals surface area (Å²) < 4.78 is 10.6. The van der Waals surface area contributed by atoms with E-state index in [-0.39, 0.29) is 11.7 Å². The topological polar surface area (TPSA) is 64.8 Å². The van der Waals surface area contributed by atoms with Gasteiger partial charge in [0.15, 0.2) is 0 Å². The number of rotatable bonds is 3. The molecule has 1 aliphatic carbocycles. The number of hydrogen-bond acceptors (Lipinski definition) is 3. The highest BCUT2D eigenvalue weighted by molar-refractivity contribution is 5.65. The van der Waals surface area contributed by atoms with Gasteiger partial charge in [-0.25, -0.2) is 4.79 Å². The van der Waals surface area contributed by atoms with Gasteiger partial charge in [0, 0.05) is 0 Å². The molecule has 1 aliphatic heterocycles. The number of ether oxygens (including phenoxy) is 2. The summed E-state index contributed by atoms with van der Waals surface area (Å²) in [6, 6.07) is 0. The third-order valence-electron chi connectivity index (χ3n) is 3.75. The van der Waals surface area contributed by atoms with E-state index < -0.39 is 6.09 Å². The first kappa shape index (κ1) is 10.7. The summed E-state index contributed by atoms with van der Waals surface area (Å²) in [4.78, 5) is 10.7. The molecule has 0 aromatic heterocycles. The number of epoxide rings is 1. The average molecular weight is 213 g/mol. The molecule has 0 radical (unpaired) electrons. The Labute approximate surface area is 90.1 Å². The molecule has 0 aromatic carbocycles. The van der Waals surface area contributed by atoms with Crippen molar-refractivity contribution >= 4 is 6.09 Å². The van der Waals surface area contributed by atoms with E-state index in [1.54, 1.807) is 0 Å². The predicted molar refractivity (Wildman–Crippen MR) is 55.4 cm³/mol. The van der Waals surface area contributed by atoms with Gasteiger partial charge in [0.2, 0.25) is 0 Å². The van der Waals surface area contributed by atoms with Crippen molar-refractivity contribution in [1.29, 1.82) is 0 Å². The molecule has 4 nitrogen and oxygen atoms in total. The minimum Gasteiger partial charge on any atom is -0.444 e. The summed E-state index contributed by atoms with van der Waals surface area (Å²) in [6.07, 6.45) is 5.31. The maximum absolute atomic E-state index is 10.7. The van der Waals surface area contributed by atoms with Crippen LogP contribution in [0.1, 0.15) is 39.0 Å². The molecule has 15 heavy (non-hydrogen) atoms. The Bertz CT molecular complexity index is 244. The van der Waals surface area contributed by atoms with Crippen LogP contribution in [0.3, 0.4) is 0 Å². The summed E-state index contributed by atoms with van der Waals surface area (Å²) in [7, 11) is 0. The molecule has 2 fully saturated rings. The summed E-state index contributed by atoms with van der Waals surface area (Å²) in [6.45, 7) is 2.60. The Hall–Kier alpha value is -0.770. The minimum atomic E-state index is -0.701. The van der Waals surface area contributed by atoms with E-state index in [1.165, 1.54) is 32.1 Å². The third-order valence-corrected chi connectivity index (χ3v) is 3.75. The summed E-state index contributed by atoms with van der Waals surface area (Å²) in [5, 5.41) is 0. The van der Waals surface area contributed by atoms with E-state index in [4.69, 9.17) is 15.2 Å². The normalized spacial score (nSPS) is 33.4. The lowest BCUT2D eigenvalue weighted by Gasteiger charge is -2.31. The van der Waals surface area contributed by atoms with Crippen molar-refractivity contribution in [3.05, 3.63) is 0 Å². The van der Waals surface area contributed by atoms with Crippen LogP contribution in [-0.4, -0.2) is 24.4 Å². The molecule has 1 saturated heterocycles. The molecule has 2 atom stereocenters. The zero-order chi connectivity index (χ0) is 10.9. The lowest BCUT2D eigenvalue weighted by Crippen LogP contribution is -2.40. The van der Waals surface area contributed by atoms with Crippen LogP contribution in [0, 0.1) is 5.92 Å². The fourth-order valence-corrected chi connectivity index (χ4v) is 2.75. The van der Waals surface area contributed by atoms with Gasteiger partial charge in [0.05, 0.1) is 6.61 Å². The molecule has 86 valence electrons. The molecule has 0 bridgehead atoms. The zero-order valence-corrected chi connectivity index (χ0v) is 9.20. The van der Waals surface area contributed by atoms with Gasteiger partial charge in [0.1, 0.15) is 11.7 Å². The van der Waals surface area contributed by atoms with E-state index in [9.17, 15) is 4.79 Å². The molecule has 1 saturated carbocycles. The maximum Gasteiger partial charge on any atom is 0.404 e. The summed E-state index contributed by atoms with van der Waals surface area (Å²) in [5.74, 6) is 0.542. The first-order valence-electron chi connectivity index (χ1n) is 5.75. The van der Waals surface area contributed by atoms with E-state index in [0.717, 1.165) is 0 Å². The number of amides is 1. The molecular formula is C11H19NO3. The summed E-state index contributed by atoms with van der Waals surface area (Å²) in [5.41, 5.74) is 4.82. The van der Waals surface area contributed by atoms with Crippen LogP contribution in [0.2, 0.25) is 0 Å². The Morgan fingerprint density at radius 3 is 2.53 bits per heavy atom. The Morgan fingerprint density at radius 1 is 1.47 bits per heavy atom.